The van der Waals surface area contributed by atoms with Gasteiger partial charge in [-0.25, -0.2) is 10.1 Å². The summed E-state index contributed by atoms with van der Waals surface area (Å²) in [7, 11) is 0. The molecule has 0 unspecified atom stereocenters. The second kappa shape index (κ2) is 2.51. The molecular formula is C8H7N2O2. The lowest BCUT2D eigenvalue weighted by Gasteiger charge is -2.24. The minimum atomic E-state index is 0.502. The monoisotopic (exact) mass is 163 g/mol. The molecule has 0 bridgehead atoms. The van der Waals surface area contributed by atoms with Gasteiger partial charge in [0.05, 0.1) is 17.6 Å². The third-order valence-electron chi connectivity index (χ3n) is 1.66. The predicted molar refractivity (Wildman–Crippen MR) is 42.8 cm³/mol. The third kappa shape index (κ3) is 0.939. The maximum Gasteiger partial charge on any atom is 0.116 e. The number of rotatable bonds is 0. The van der Waals surface area contributed by atoms with E-state index in [0.717, 1.165) is 10.1 Å². The van der Waals surface area contributed by atoms with Crippen molar-refractivity contribution in [2.45, 2.75) is 0 Å². The molecule has 0 amide bonds. The maximum atomic E-state index is 9.26. The van der Waals surface area contributed by atoms with Crippen LogP contribution in [0.2, 0.25) is 0 Å². The quantitative estimate of drug-likeness (QED) is 0.606. The van der Waals surface area contributed by atoms with E-state index >= 15 is 0 Å². The molecule has 0 fully saturated rings. The molecule has 0 atom stereocenters. The van der Waals surface area contributed by atoms with Crippen LogP contribution >= 0.6 is 0 Å². The molecule has 1 aromatic carbocycles. The van der Waals surface area contributed by atoms with E-state index in [1.165, 1.54) is 6.20 Å². The molecule has 0 aromatic heterocycles. The lowest BCUT2D eigenvalue weighted by molar-refractivity contribution is 0.261. The smallest absolute Gasteiger partial charge is 0.116 e. The highest BCUT2D eigenvalue weighted by Crippen LogP contribution is 2.30. The lowest BCUT2D eigenvalue weighted by atomic mass is 10.2. The SMILES string of the molecule is ON1[C]=CN(O)c2ccccc21. The summed E-state index contributed by atoms with van der Waals surface area (Å²) >= 11 is 0. The molecule has 0 aliphatic carbocycles. The Bertz CT molecular complexity index is 294. The van der Waals surface area contributed by atoms with Gasteiger partial charge in [0.1, 0.15) is 6.20 Å². The zero-order valence-corrected chi connectivity index (χ0v) is 6.18. The Balaban J connectivity index is 2.54. The van der Waals surface area contributed by atoms with Gasteiger partial charge in [0.25, 0.3) is 0 Å². The molecule has 1 aliphatic heterocycles. The molecule has 0 saturated carbocycles. The number of hydrogen-bond donors (Lipinski definition) is 2. The number of nitrogens with zero attached hydrogens (tertiary/aromatic N) is 2. The highest BCUT2D eigenvalue weighted by atomic mass is 16.5. The summed E-state index contributed by atoms with van der Waals surface area (Å²) in [5.41, 5.74) is 1.03. The van der Waals surface area contributed by atoms with Crippen LogP contribution in [-0.2, 0) is 0 Å². The standard InChI is InChI=1S/C8H7N2O2/c11-9-5-6-10(12)8-4-2-1-3-7(8)9/h1-5,11-12H. The summed E-state index contributed by atoms with van der Waals surface area (Å²) in [6, 6.07) is 6.91. The van der Waals surface area contributed by atoms with Gasteiger partial charge >= 0.3 is 0 Å². The molecule has 1 aliphatic rings. The van der Waals surface area contributed by atoms with Crippen molar-refractivity contribution in [2.75, 3.05) is 10.1 Å². The number of para-hydroxylation sites is 2. The van der Waals surface area contributed by atoms with Gasteiger partial charge in [0.2, 0.25) is 0 Å². The van der Waals surface area contributed by atoms with Gasteiger partial charge in [-0.2, -0.15) is 0 Å². The van der Waals surface area contributed by atoms with Crippen molar-refractivity contribution >= 4 is 11.4 Å². The fourth-order valence-electron chi connectivity index (χ4n) is 1.09. The number of hydroxylamine groups is 2. The van der Waals surface area contributed by atoms with Crippen LogP contribution < -0.4 is 10.1 Å². The molecule has 4 nitrogen and oxygen atoms in total. The number of hydrogen-bond acceptors (Lipinski definition) is 4. The van der Waals surface area contributed by atoms with Crippen molar-refractivity contribution in [3.8, 4) is 0 Å². The molecule has 0 saturated heterocycles. The topological polar surface area (TPSA) is 46.9 Å². The molecule has 1 heterocycles. The molecule has 2 rings (SSSR count). The highest BCUT2D eigenvalue weighted by Gasteiger charge is 2.14. The summed E-state index contributed by atoms with van der Waals surface area (Å²) in [5.74, 6) is 0. The Hall–Kier alpha value is -1.52. The summed E-state index contributed by atoms with van der Waals surface area (Å²) in [4.78, 5) is 0. The van der Waals surface area contributed by atoms with Crippen molar-refractivity contribution in [1.82, 2.24) is 0 Å². The first-order chi connectivity index (χ1) is 5.79. The number of anilines is 2. The molecule has 1 radical (unpaired) electrons. The van der Waals surface area contributed by atoms with E-state index in [4.69, 9.17) is 0 Å². The average Bonchev–Trinajstić information content (AvgIpc) is 2.12. The van der Waals surface area contributed by atoms with E-state index in [2.05, 4.69) is 6.20 Å². The van der Waals surface area contributed by atoms with Gasteiger partial charge in [-0.3, -0.25) is 10.4 Å². The predicted octanol–water partition coefficient (Wildman–Crippen LogP) is 1.37. The lowest BCUT2D eigenvalue weighted by Crippen LogP contribution is -2.22. The van der Waals surface area contributed by atoms with Gasteiger partial charge in [0.15, 0.2) is 0 Å². The zero-order valence-electron chi connectivity index (χ0n) is 6.18. The zero-order chi connectivity index (χ0) is 8.55. The summed E-state index contributed by atoms with van der Waals surface area (Å²) in [6.45, 7) is 0. The normalized spacial score (nSPS) is 14.8. The minimum absolute atomic E-state index is 0.502. The first-order valence-corrected chi connectivity index (χ1v) is 3.45. The van der Waals surface area contributed by atoms with Crippen molar-refractivity contribution in [1.29, 1.82) is 0 Å². The third-order valence-corrected chi connectivity index (χ3v) is 1.66. The van der Waals surface area contributed by atoms with Gasteiger partial charge in [-0.05, 0) is 12.1 Å². The van der Waals surface area contributed by atoms with Gasteiger partial charge in [0, 0.05) is 0 Å². The van der Waals surface area contributed by atoms with Gasteiger partial charge < -0.3 is 0 Å². The van der Waals surface area contributed by atoms with Crippen molar-refractivity contribution in [3.05, 3.63) is 36.7 Å². The van der Waals surface area contributed by atoms with E-state index in [1.807, 2.05) is 0 Å². The first-order valence-electron chi connectivity index (χ1n) is 3.45. The molecule has 61 valence electrons. The molecule has 2 N–H and O–H groups in total. The van der Waals surface area contributed by atoms with Crippen LogP contribution in [0.15, 0.2) is 30.5 Å². The van der Waals surface area contributed by atoms with Crippen molar-refractivity contribution in [3.63, 3.8) is 0 Å². The van der Waals surface area contributed by atoms with E-state index in [-0.39, 0.29) is 0 Å². The Labute approximate surface area is 69.5 Å². The molecule has 12 heavy (non-hydrogen) atoms. The van der Waals surface area contributed by atoms with Crippen LogP contribution in [0.3, 0.4) is 0 Å². The van der Waals surface area contributed by atoms with Crippen molar-refractivity contribution < 1.29 is 10.4 Å². The van der Waals surface area contributed by atoms with Crippen molar-refractivity contribution in [2.24, 2.45) is 0 Å². The summed E-state index contributed by atoms with van der Waals surface area (Å²) in [6.07, 6.45) is 3.67. The average molecular weight is 163 g/mol. The molecular weight excluding hydrogens is 156 g/mol. The van der Waals surface area contributed by atoms with Crippen LogP contribution in [-0.4, -0.2) is 10.4 Å². The fraction of sp³-hybridized carbons (Fsp3) is 0. The molecule has 1 aromatic rings. The van der Waals surface area contributed by atoms with Crippen LogP contribution in [0, 0.1) is 6.20 Å². The van der Waals surface area contributed by atoms with Gasteiger partial charge in [-0.15, -0.1) is 0 Å². The summed E-state index contributed by atoms with van der Waals surface area (Å²) in [5, 5.41) is 20.2. The molecule has 4 heteroatoms. The van der Waals surface area contributed by atoms with E-state index in [0.29, 0.717) is 11.4 Å². The Morgan fingerprint density at radius 2 is 1.75 bits per heavy atom. The Morgan fingerprint density at radius 1 is 1.08 bits per heavy atom. The van der Waals surface area contributed by atoms with E-state index in [1.54, 1.807) is 24.3 Å². The van der Waals surface area contributed by atoms with Crippen LogP contribution in [0.4, 0.5) is 11.4 Å². The maximum absolute atomic E-state index is 9.26. The second-order valence-electron chi connectivity index (χ2n) is 2.40. The van der Waals surface area contributed by atoms with E-state index in [9.17, 15) is 10.4 Å². The number of fused-ring (bicyclic) bond motifs is 1. The van der Waals surface area contributed by atoms with Gasteiger partial charge in [-0.1, -0.05) is 12.1 Å². The van der Waals surface area contributed by atoms with Crippen LogP contribution in [0.5, 0.6) is 0 Å². The summed E-state index contributed by atoms with van der Waals surface area (Å²) < 4.78 is 0. The van der Waals surface area contributed by atoms with Crippen LogP contribution in [0.1, 0.15) is 0 Å². The Kier molecular flexibility index (Phi) is 1.49. The second-order valence-corrected chi connectivity index (χ2v) is 2.40. The number of benzene rings is 1. The minimum Gasteiger partial charge on any atom is -0.284 e. The fourth-order valence-corrected chi connectivity index (χ4v) is 1.09. The van der Waals surface area contributed by atoms with E-state index < -0.39 is 0 Å². The van der Waals surface area contributed by atoms with Crippen LogP contribution in [0.25, 0.3) is 0 Å². The Morgan fingerprint density at radius 3 is 2.42 bits per heavy atom. The molecule has 0 spiro atoms. The first kappa shape index (κ1) is 7.15. The highest BCUT2D eigenvalue weighted by molar-refractivity contribution is 5.72. The largest absolute Gasteiger partial charge is 0.284 e.